The van der Waals surface area contributed by atoms with E-state index in [1.54, 1.807) is 12.3 Å². The molecule has 1 atom stereocenters. The maximum atomic E-state index is 8.78. The molecule has 0 spiro atoms. The Kier molecular flexibility index (Phi) is 4.15. The van der Waals surface area contributed by atoms with Gasteiger partial charge in [0.15, 0.2) is 11.3 Å². The number of nitrogens with one attached hydrogen (secondary N) is 1. The van der Waals surface area contributed by atoms with Crippen LogP contribution in [0, 0.1) is 11.3 Å². The Balaban J connectivity index is 1.84. The fraction of sp³-hybridized carbons (Fsp3) is 0.222. The molecule has 0 bridgehead atoms. The summed E-state index contributed by atoms with van der Waals surface area (Å²) in [4.78, 5) is 4.05. The molecular weight excluding hydrogens is 290 g/mol. The van der Waals surface area contributed by atoms with Crippen molar-refractivity contribution < 1.29 is 9.15 Å². The number of nitriles is 1. The van der Waals surface area contributed by atoms with Crippen LogP contribution in [0.5, 0.6) is 5.75 Å². The SMILES string of the molecule is CCOc1cccc2cc(C(C)Nc3ccc(C#N)nc3)oc12. The van der Waals surface area contributed by atoms with E-state index in [9.17, 15) is 0 Å². The second-order valence-electron chi connectivity index (χ2n) is 5.17. The largest absolute Gasteiger partial charge is 0.490 e. The standard InChI is InChI=1S/C18H17N3O2/c1-3-22-16-6-4-5-13-9-17(23-18(13)16)12(2)21-15-8-7-14(10-19)20-11-15/h4-9,11-12,21H,3H2,1-2H3. The lowest BCUT2D eigenvalue weighted by molar-refractivity contribution is 0.337. The highest BCUT2D eigenvalue weighted by molar-refractivity contribution is 5.83. The number of rotatable bonds is 5. The van der Waals surface area contributed by atoms with Crippen LogP contribution < -0.4 is 10.1 Å². The highest BCUT2D eigenvalue weighted by Gasteiger charge is 2.14. The molecule has 0 aliphatic carbocycles. The van der Waals surface area contributed by atoms with E-state index >= 15 is 0 Å². The summed E-state index contributed by atoms with van der Waals surface area (Å²) in [6.07, 6.45) is 1.64. The number of para-hydroxylation sites is 1. The van der Waals surface area contributed by atoms with E-state index in [1.807, 2.05) is 50.2 Å². The predicted molar refractivity (Wildman–Crippen MR) is 88.4 cm³/mol. The Morgan fingerprint density at radius 2 is 2.22 bits per heavy atom. The molecule has 3 rings (SSSR count). The smallest absolute Gasteiger partial charge is 0.176 e. The maximum absolute atomic E-state index is 8.78. The van der Waals surface area contributed by atoms with Crippen LogP contribution in [-0.2, 0) is 0 Å². The molecule has 116 valence electrons. The third kappa shape index (κ3) is 3.11. The first-order valence-electron chi connectivity index (χ1n) is 7.49. The zero-order chi connectivity index (χ0) is 16.2. The molecular formula is C18H17N3O2. The molecule has 0 aliphatic heterocycles. The number of furan rings is 1. The lowest BCUT2D eigenvalue weighted by Crippen LogP contribution is -2.05. The van der Waals surface area contributed by atoms with E-state index in [2.05, 4.69) is 10.3 Å². The van der Waals surface area contributed by atoms with Crippen LogP contribution in [0.4, 0.5) is 5.69 Å². The summed E-state index contributed by atoms with van der Waals surface area (Å²) in [6.45, 7) is 4.56. The van der Waals surface area contributed by atoms with Crippen molar-refractivity contribution in [2.75, 3.05) is 11.9 Å². The molecule has 5 heteroatoms. The average molecular weight is 307 g/mol. The van der Waals surface area contributed by atoms with Gasteiger partial charge in [-0.15, -0.1) is 0 Å². The van der Waals surface area contributed by atoms with E-state index in [-0.39, 0.29) is 6.04 Å². The highest BCUT2D eigenvalue weighted by Crippen LogP contribution is 2.32. The van der Waals surface area contributed by atoms with Gasteiger partial charge in [0.2, 0.25) is 0 Å². The molecule has 1 N–H and O–H groups in total. The second-order valence-corrected chi connectivity index (χ2v) is 5.17. The van der Waals surface area contributed by atoms with Crippen molar-refractivity contribution in [2.24, 2.45) is 0 Å². The summed E-state index contributed by atoms with van der Waals surface area (Å²) in [5, 5.41) is 13.1. The van der Waals surface area contributed by atoms with Crippen molar-refractivity contribution in [2.45, 2.75) is 19.9 Å². The first-order chi connectivity index (χ1) is 11.2. The normalized spacial score (nSPS) is 11.9. The summed E-state index contributed by atoms with van der Waals surface area (Å²) in [7, 11) is 0. The van der Waals surface area contributed by atoms with Crippen LogP contribution in [0.2, 0.25) is 0 Å². The van der Waals surface area contributed by atoms with Crippen LogP contribution in [0.25, 0.3) is 11.0 Å². The summed E-state index contributed by atoms with van der Waals surface area (Å²) in [5.74, 6) is 1.57. The van der Waals surface area contributed by atoms with Crippen LogP contribution in [0.1, 0.15) is 31.3 Å². The Hall–Kier alpha value is -3.00. The van der Waals surface area contributed by atoms with Crippen molar-refractivity contribution >= 4 is 16.7 Å². The molecule has 0 aliphatic rings. The third-order valence-electron chi connectivity index (χ3n) is 3.51. The van der Waals surface area contributed by atoms with Gasteiger partial charge in [-0.25, -0.2) is 4.98 Å². The van der Waals surface area contributed by atoms with Crippen LogP contribution in [0.3, 0.4) is 0 Å². The van der Waals surface area contributed by atoms with Gasteiger partial charge in [0.05, 0.1) is 24.5 Å². The summed E-state index contributed by atoms with van der Waals surface area (Å²) in [6, 6.07) is 13.3. The van der Waals surface area contributed by atoms with Gasteiger partial charge in [-0.1, -0.05) is 12.1 Å². The van der Waals surface area contributed by atoms with Gasteiger partial charge in [-0.2, -0.15) is 5.26 Å². The molecule has 0 saturated carbocycles. The maximum Gasteiger partial charge on any atom is 0.176 e. The Morgan fingerprint density at radius 1 is 1.35 bits per heavy atom. The lowest BCUT2D eigenvalue weighted by atomic mass is 10.2. The molecule has 2 heterocycles. The van der Waals surface area contributed by atoms with E-state index < -0.39 is 0 Å². The lowest BCUT2D eigenvalue weighted by Gasteiger charge is -2.12. The molecule has 3 aromatic rings. The van der Waals surface area contributed by atoms with Crippen LogP contribution in [-0.4, -0.2) is 11.6 Å². The molecule has 5 nitrogen and oxygen atoms in total. The Labute approximate surface area is 134 Å². The first kappa shape index (κ1) is 14.9. The van der Waals surface area contributed by atoms with Gasteiger partial charge in [0, 0.05) is 5.39 Å². The fourth-order valence-corrected chi connectivity index (χ4v) is 2.41. The predicted octanol–water partition coefficient (Wildman–Crippen LogP) is 4.27. The van der Waals surface area contributed by atoms with Gasteiger partial charge in [0.1, 0.15) is 17.5 Å². The van der Waals surface area contributed by atoms with Crippen molar-refractivity contribution in [3.05, 3.63) is 54.0 Å². The topological polar surface area (TPSA) is 71.1 Å². The van der Waals surface area contributed by atoms with E-state index in [1.165, 1.54) is 0 Å². The van der Waals surface area contributed by atoms with Gasteiger partial charge in [0.25, 0.3) is 0 Å². The van der Waals surface area contributed by atoms with E-state index in [4.69, 9.17) is 14.4 Å². The van der Waals surface area contributed by atoms with E-state index in [0.717, 1.165) is 28.2 Å². The van der Waals surface area contributed by atoms with Crippen LogP contribution >= 0.6 is 0 Å². The molecule has 0 fully saturated rings. The number of anilines is 1. The average Bonchev–Trinajstić information content (AvgIpc) is 3.01. The molecule has 0 saturated heterocycles. The zero-order valence-electron chi connectivity index (χ0n) is 13.0. The molecule has 2 aromatic heterocycles. The van der Waals surface area contributed by atoms with Gasteiger partial charge < -0.3 is 14.5 Å². The van der Waals surface area contributed by atoms with Crippen molar-refractivity contribution in [1.82, 2.24) is 4.98 Å². The summed E-state index contributed by atoms with van der Waals surface area (Å²) in [5.41, 5.74) is 1.99. The molecule has 23 heavy (non-hydrogen) atoms. The number of benzene rings is 1. The third-order valence-corrected chi connectivity index (χ3v) is 3.51. The Bertz CT molecular complexity index is 847. The minimum atomic E-state index is -0.0355. The number of nitrogens with zero attached hydrogens (tertiary/aromatic N) is 2. The molecule has 0 amide bonds. The fourth-order valence-electron chi connectivity index (χ4n) is 2.41. The van der Waals surface area contributed by atoms with Crippen molar-refractivity contribution in [1.29, 1.82) is 5.26 Å². The van der Waals surface area contributed by atoms with Gasteiger partial charge in [-0.05, 0) is 38.1 Å². The summed E-state index contributed by atoms with van der Waals surface area (Å²) < 4.78 is 11.6. The number of hydrogen-bond acceptors (Lipinski definition) is 5. The van der Waals surface area contributed by atoms with E-state index in [0.29, 0.717) is 12.3 Å². The number of pyridine rings is 1. The molecule has 1 unspecified atom stereocenters. The molecule has 1 aromatic carbocycles. The first-order valence-corrected chi connectivity index (χ1v) is 7.49. The minimum absolute atomic E-state index is 0.0355. The Morgan fingerprint density at radius 3 is 2.91 bits per heavy atom. The second kappa shape index (κ2) is 6.41. The van der Waals surface area contributed by atoms with Crippen molar-refractivity contribution in [3.8, 4) is 11.8 Å². The van der Waals surface area contributed by atoms with Gasteiger partial charge >= 0.3 is 0 Å². The minimum Gasteiger partial charge on any atom is -0.490 e. The van der Waals surface area contributed by atoms with Crippen molar-refractivity contribution in [3.63, 3.8) is 0 Å². The van der Waals surface area contributed by atoms with Gasteiger partial charge in [-0.3, -0.25) is 0 Å². The number of hydrogen-bond donors (Lipinski definition) is 1. The summed E-state index contributed by atoms with van der Waals surface area (Å²) >= 11 is 0. The highest BCUT2D eigenvalue weighted by atomic mass is 16.5. The quantitative estimate of drug-likeness (QED) is 0.762. The zero-order valence-corrected chi connectivity index (χ0v) is 13.0. The number of ether oxygens (including phenoxy) is 1. The molecule has 0 radical (unpaired) electrons. The monoisotopic (exact) mass is 307 g/mol. The number of fused-ring (bicyclic) bond motifs is 1. The number of aromatic nitrogens is 1. The van der Waals surface area contributed by atoms with Crippen LogP contribution in [0.15, 0.2) is 47.0 Å².